The second kappa shape index (κ2) is 9.69. The van der Waals surface area contributed by atoms with Crippen LogP contribution in [0.3, 0.4) is 0 Å². The second-order valence-electron chi connectivity index (χ2n) is 4.81. The molecule has 128 valence electrons. The number of benzene rings is 2. The van der Waals surface area contributed by atoms with Crippen LogP contribution < -0.4 is 70.6 Å². The van der Waals surface area contributed by atoms with Gasteiger partial charge in [0, 0.05) is 5.69 Å². The average Bonchev–Trinajstić information content (AvgIpc) is 2.45. The summed E-state index contributed by atoms with van der Waals surface area (Å²) in [6.07, 6.45) is 2.63. The molecule has 0 heterocycles. The molecule has 0 saturated heterocycles. The minimum atomic E-state index is -5.26. The average molecular weight is 414 g/mol. The number of hydrogen-bond donors (Lipinski definition) is 2. The number of nitrogen functional groups attached to an aromatic ring is 2. The minimum Gasteiger partial charge on any atom is -0.744 e. The summed E-state index contributed by atoms with van der Waals surface area (Å²) in [5, 5.41) is 0. The summed E-state index contributed by atoms with van der Waals surface area (Å²) in [4.78, 5) is -2.40. The number of nitrogens with two attached hydrogens (primary N) is 2. The quantitative estimate of drug-likeness (QED) is 0.217. The second-order valence-corrected chi connectivity index (χ2v) is 7.44. The molecule has 0 radical (unpaired) electrons. The van der Waals surface area contributed by atoms with E-state index < -0.39 is 35.7 Å². The van der Waals surface area contributed by atoms with Gasteiger partial charge in [-0.05, 0) is 29.3 Å². The molecule has 26 heavy (non-hydrogen) atoms. The van der Waals surface area contributed by atoms with Gasteiger partial charge in [-0.2, -0.15) is 0 Å². The van der Waals surface area contributed by atoms with Gasteiger partial charge < -0.3 is 20.6 Å². The van der Waals surface area contributed by atoms with Crippen molar-refractivity contribution in [3.05, 3.63) is 47.5 Å². The van der Waals surface area contributed by atoms with Gasteiger partial charge in [0.15, 0.2) is 0 Å². The summed E-state index contributed by atoms with van der Waals surface area (Å²) in [6, 6.07) is 8.63. The summed E-state index contributed by atoms with van der Waals surface area (Å²) in [5.41, 5.74) is 11.2. The molecule has 0 aliphatic rings. The fraction of sp³-hybridized carbons (Fsp3) is 0. The van der Waals surface area contributed by atoms with Crippen LogP contribution in [0.15, 0.2) is 46.2 Å². The third-order valence-corrected chi connectivity index (χ3v) is 5.07. The van der Waals surface area contributed by atoms with E-state index in [1.165, 1.54) is 12.2 Å². The Hall–Kier alpha value is -0.400. The van der Waals surface area contributed by atoms with E-state index in [1.807, 2.05) is 0 Å². The molecule has 0 aliphatic carbocycles. The van der Waals surface area contributed by atoms with E-state index in [-0.39, 0.29) is 64.7 Å². The predicted octanol–water partition coefficient (Wildman–Crippen LogP) is -5.16. The molecule has 0 spiro atoms. The van der Waals surface area contributed by atoms with Crippen molar-refractivity contribution in [2.75, 3.05) is 11.5 Å². The molecule has 0 atom stereocenters. The first-order valence-corrected chi connectivity index (χ1v) is 9.19. The maximum atomic E-state index is 11.5. The van der Waals surface area contributed by atoms with E-state index in [9.17, 15) is 25.9 Å². The molecule has 2 aromatic rings. The fourth-order valence-electron chi connectivity index (χ4n) is 2.03. The zero-order valence-corrected chi connectivity index (χ0v) is 19.7. The Kier molecular flexibility index (Phi) is 9.54. The van der Waals surface area contributed by atoms with Crippen molar-refractivity contribution in [2.24, 2.45) is 0 Å². The van der Waals surface area contributed by atoms with E-state index in [4.69, 9.17) is 11.5 Å². The van der Waals surface area contributed by atoms with Gasteiger partial charge in [0.1, 0.15) is 20.2 Å². The van der Waals surface area contributed by atoms with Gasteiger partial charge in [0.25, 0.3) is 0 Å². The first-order valence-electron chi connectivity index (χ1n) is 6.38. The number of hydrogen-bond acceptors (Lipinski definition) is 8. The molecule has 0 unspecified atom stereocenters. The maximum absolute atomic E-state index is 11.5. The molecule has 0 bridgehead atoms. The fourth-order valence-corrected chi connectivity index (χ4v) is 4.12. The topological polar surface area (TPSA) is 166 Å². The van der Waals surface area contributed by atoms with Crippen molar-refractivity contribution in [1.82, 2.24) is 0 Å². The van der Waals surface area contributed by atoms with Crippen LogP contribution in [0.1, 0.15) is 11.1 Å². The van der Waals surface area contributed by atoms with Gasteiger partial charge >= 0.3 is 59.1 Å². The zero-order valence-electron chi connectivity index (χ0n) is 14.0. The molecule has 2 aromatic carbocycles. The molecule has 0 fully saturated rings. The van der Waals surface area contributed by atoms with Gasteiger partial charge in [-0.3, -0.25) is 0 Å². The Balaban J connectivity index is 0.00000312. The van der Waals surface area contributed by atoms with Gasteiger partial charge in [-0.15, -0.1) is 0 Å². The summed E-state index contributed by atoms with van der Waals surface area (Å²) < 4.78 is 68.3. The smallest absolute Gasteiger partial charge is 0.744 e. The van der Waals surface area contributed by atoms with Gasteiger partial charge in [0.2, 0.25) is 0 Å². The Labute approximate surface area is 195 Å². The van der Waals surface area contributed by atoms with Crippen LogP contribution in [0.4, 0.5) is 11.4 Å². The summed E-state index contributed by atoms with van der Waals surface area (Å²) in [7, 11) is -10.5. The Morgan fingerprint density at radius 1 is 0.731 bits per heavy atom. The zero-order chi connectivity index (χ0) is 18.1. The predicted molar refractivity (Wildman–Crippen MR) is 86.6 cm³/mol. The Morgan fingerprint density at radius 2 is 1.23 bits per heavy atom. The van der Waals surface area contributed by atoms with Crippen molar-refractivity contribution in [3.8, 4) is 0 Å². The van der Waals surface area contributed by atoms with Crippen LogP contribution in [0, 0.1) is 0 Å². The van der Waals surface area contributed by atoms with Crippen LogP contribution >= 0.6 is 0 Å². The van der Waals surface area contributed by atoms with E-state index in [0.717, 1.165) is 12.1 Å². The third-order valence-electron chi connectivity index (χ3n) is 3.06. The van der Waals surface area contributed by atoms with E-state index in [2.05, 4.69) is 0 Å². The Morgan fingerprint density at radius 3 is 1.69 bits per heavy atom. The largest absolute Gasteiger partial charge is 1.00 e. The standard InChI is InChI=1S/C14H14N2O6S2.2Na/c15-11-6-2-9(3-7-11)1-4-10-5-8-12(16)14(24(20,21)22)13(10)23(17,18)19;;/h1-8H,15-16H2,(H,17,18,19)(H,20,21,22);;/q;2*+1/p-2. The first-order chi connectivity index (χ1) is 11.0. The molecule has 0 aromatic heterocycles. The summed E-state index contributed by atoms with van der Waals surface area (Å²) in [6.45, 7) is 0. The number of anilines is 2. The first kappa shape index (κ1) is 25.6. The van der Waals surface area contributed by atoms with Gasteiger partial charge in [-0.25, -0.2) is 16.8 Å². The van der Waals surface area contributed by atoms with Crippen LogP contribution in [0.5, 0.6) is 0 Å². The van der Waals surface area contributed by atoms with Crippen molar-refractivity contribution in [2.45, 2.75) is 9.79 Å². The monoisotopic (exact) mass is 414 g/mol. The third kappa shape index (κ3) is 6.34. The molecule has 0 aliphatic heterocycles. The van der Waals surface area contributed by atoms with Crippen LogP contribution in [-0.4, -0.2) is 25.9 Å². The molecule has 8 nitrogen and oxygen atoms in total. The summed E-state index contributed by atoms with van der Waals surface area (Å²) in [5.74, 6) is 0. The normalized spacial score (nSPS) is 11.6. The molecule has 0 saturated carbocycles. The SMILES string of the molecule is Nc1ccc(C=Cc2ccc(N)c(S(=O)(=O)[O-])c2S(=O)(=O)[O-])cc1.[Na+].[Na+]. The molecular formula is C14H12N2Na2O6S2. The molecule has 2 rings (SSSR count). The minimum absolute atomic E-state index is 0. The van der Waals surface area contributed by atoms with Crippen LogP contribution in [0.25, 0.3) is 12.2 Å². The van der Waals surface area contributed by atoms with Gasteiger partial charge in [0.05, 0.1) is 15.5 Å². The van der Waals surface area contributed by atoms with Crippen LogP contribution in [0.2, 0.25) is 0 Å². The van der Waals surface area contributed by atoms with Crippen molar-refractivity contribution >= 4 is 43.8 Å². The van der Waals surface area contributed by atoms with Gasteiger partial charge in [-0.1, -0.05) is 30.4 Å². The molecule has 4 N–H and O–H groups in total. The molecule has 0 amide bonds. The Bertz CT molecular complexity index is 1020. The van der Waals surface area contributed by atoms with E-state index >= 15 is 0 Å². The van der Waals surface area contributed by atoms with E-state index in [1.54, 1.807) is 24.3 Å². The maximum Gasteiger partial charge on any atom is 1.00 e. The molecule has 12 heteroatoms. The summed E-state index contributed by atoms with van der Waals surface area (Å²) >= 11 is 0. The van der Waals surface area contributed by atoms with Crippen molar-refractivity contribution in [1.29, 1.82) is 0 Å². The van der Waals surface area contributed by atoms with E-state index in [0.29, 0.717) is 11.3 Å². The molecular weight excluding hydrogens is 402 g/mol. The number of rotatable bonds is 4. The van der Waals surface area contributed by atoms with Crippen LogP contribution in [-0.2, 0) is 20.2 Å². The van der Waals surface area contributed by atoms with Crippen molar-refractivity contribution < 1.29 is 85.1 Å². The van der Waals surface area contributed by atoms with Crippen molar-refractivity contribution in [3.63, 3.8) is 0 Å².